The topological polar surface area (TPSA) is 108 Å². The van der Waals surface area contributed by atoms with Crippen LogP contribution in [0.5, 0.6) is 0 Å². The van der Waals surface area contributed by atoms with E-state index in [2.05, 4.69) is 36.0 Å². The minimum Gasteiger partial charge on any atom is -0.334 e. The summed E-state index contributed by atoms with van der Waals surface area (Å²) in [5.74, 6) is 1.77. The number of carbonyl (C=O) groups is 1. The lowest BCUT2D eigenvalue weighted by Gasteiger charge is -2.07. The summed E-state index contributed by atoms with van der Waals surface area (Å²) in [7, 11) is 0. The van der Waals surface area contributed by atoms with Crippen LogP contribution in [0.15, 0.2) is 48.5 Å². The van der Waals surface area contributed by atoms with Crippen LogP contribution in [-0.4, -0.2) is 31.4 Å². The van der Waals surface area contributed by atoms with Gasteiger partial charge in [0, 0.05) is 12.1 Å². The van der Waals surface area contributed by atoms with Crippen LogP contribution < -0.4 is 10.6 Å². The predicted molar refractivity (Wildman–Crippen MR) is 113 cm³/mol. The first-order valence-electron chi connectivity index (χ1n) is 8.69. The van der Waals surface area contributed by atoms with Crippen molar-refractivity contribution in [3.63, 3.8) is 0 Å². The number of hydrogen-bond donors (Lipinski definition) is 3. The minimum absolute atomic E-state index is 0.361. The number of urea groups is 1. The van der Waals surface area contributed by atoms with E-state index >= 15 is 0 Å². The third-order valence-corrected chi connectivity index (χ3v) is 5.25. The molecular weight excluding hydrogens is 410 g/mol. The van der Waals surface area contributed by atoms with Gasteiger partial charge in [0.1, 0.15) is 11.5 Å². The number of aromatic amines is 1. The SMILES string of the molecule is Cc1nc(-c2ccc(CNC(=O)Nc3ccc(-c4ccc(Cl)s4)nn3)cc2)n[nH]1. The minimum atomic E-state index is -0.361. The highest BCUT2D eigenvalue weighted by molar-refractivity contribution is 7.19. The lowest BCUT2D eigenvalue weighted by atomic mass is 10.1. The van der Waals surface area contributed by atoms with E-state index in [1.54, 1.807) is 12.1 Å². The molecule has 3 aromatic heterocycles. The molecule has 0 aliphatic rings. The van der Waals surface area contributed by atoms with Crippen LogP contribution in [0.2, 0.25) is 4.34 Å². The maximum Gasteiger partial charge on any atom is 0.320 e. The molecule has 2 amide bonds. The Bertz CT molecular complexity index is 1120. The molecule has 4 rings (SSSR count). The van der Waals surface area contributed by atoms with Gasteiger partial charge in [-0.2, -0.15) is 5.10 Å². The number of carbonyl (C=O) groups excluding carboxylic acids is 1. The molecule has 0 atom stereocenters. The Hall–Kier alpha value is -3.30. The number of aromatic nitrogens is 5. The van der Waals surface area contributed by atoms with Crippen LogP contribution in [0.25, 0.3) is 22.0 Å². The smallest absolute Gasteiger partial charge is 0.320 e. The highest BCUT2D eigenvalue weighted by Crippen LogP contribution is 2.29. The van der Waals surface area contributed by atoms with Crippen LogP contribution in [-0.2, 0) is 6.54 Å². The summed E-state index contributed by atoms with van der Waals surface area (Å²) in [6.45, 7) is 2.22. The summed E-state index contributed by atoms with van der Waals surface area (Å²) in [6, 6.07) is 14.5. The average molecular weight is 426 g/mol. The molecule has 1 aromatic carbocycles. The molecule has 0 spiro atoms. The summed E-state index contributed by atoms with van der Waals surface area (Å²) in [5.41, 5.74) is 2.56. The van der Waals surface area contributed by atoms with E-state index in [-0.39, 0.29) is 6.03 Å². The van der Waals surface area contributed by atoms with E-state index in [1.807, 2.05) is 43.3 Å². The van der Waals surface area contributed by atoms with Crippen molar-refractivity contribution in [1.29, 1.82) is 0 Å². The zero-order valence-corrected chi connectivity index (χ0v) is 16.9. The fraction of sp³-hybridized carbons (Fsp3) is 0.105. The first kappa shape index (κ1) is 19.0. The van der Waals surface area contributed by atoms with Crippen LogP contribution >= 0.6 is 22.9 Å². The van der Waals surface area contributed by atoms with Crippen LogP contribution in [0.4, 0.5) is 10.6 Å². The maximum absolute atomic E-state index is 12.1. The highest BCUT2D eigenvalue weighted by atomic mass is 35.5. The van der Waals surface area contributed by atoms with Crippen molar-refractivity contribution in [2.75, 3.05) is 5.32 Å². The number of nitrogens with zero attached hydrogens (tertiary/aromatic N) is 4. The molecule has 0 radical (unpaired) electrons. The molecule has 29 heavy (non-hydrogen) atoms. The number of hydrogen-bond acceptors (Lipinski definition) is 6. The molecule has 0 aliphatic heterocycles. The summed E-state index contributed by atoms with van der Waals surface area (Å²) in [5, 5.41) is 20.6. The zero-order valence-electron chi connectivity index (χ0n) is 15.3. The zero-order chi connectivity index (χ0) is 20.2. The summed E-state index contributed by atoms with van der Waals surface area (Å²) in [4.78, 5) is 17.3. The van der Waals surface area contributed by atoms with Crippen molar-refractivity contribution in [2.24, 2.45) is 0 Å². The Morgan fingerprint density at radius 3 is 2.55 bits per heavy atom. The molecule has 0 saturated carbocycles. The second-order valence-electron chi connectivity index (χ2n) is 6.16. The lowest BCUT2D eigenvalue weighted by Crippen LogP contribution is -2.28. The van der Waals surface area contributed by atoms with E-state index in [9.17, 15) is 4.79 Å². The summed E-state index contributed by atoms with van der Waals surface area (Å²) >= 11 is 7.35. The molecule has 0 bridgehead atoms. The van der Waals surface area contributed by atoms with E-state index in [4.69, 9.17) is 11.6 Å². The number of rotatable bonds is 5. The Labute approximate surface area is 175 Å². The van der Waals surface area contributed by atoms with Crippen molar-refractivity contribution in [3.8, 4) is 22.0 Å². The van der Waals surface area contributed by atoms with Gasteiger partial charge >= 0.3 is 6.03 Å². The van der Waals surface area contributed by atoms with Crippen molar-refractivity contribution >= 4 is 34.8 Å². The third kappa shape index (κ3) is 4.76. The molecular formula is C19H16ClN7OS. The second-order valence-corrected chi connectivity index (χ2v) is 7.87. The summed E-state index contributed by atoms with van der Waals surface area (Å²) < 4.78 is 0.687. The van der Waals surface area contributed by atoms with E-state index in [0.29, 0.717) is 28.2 Å². The number of anilines is 1. The maximum atomic E-state index is 12.1. The fourth-order valence-electron chi connectivity index (χ4n) is 2.57. The number of halogens is 1. The van der Waals surface area contributed by atoms with Crippen LogP contribution in [0.1, 0.15) is 11.4 Å². The van der Waals surface area contributed by atoms with Crippen molar-refractivity contribution in [3.05, 3.63) is 64.3 Å². The number of nitrogens with one attached hydrogen (secondary N) is 3. The molecule has 0 aliphatic carbocycles. The first-order chi connectivity index (χ1) is 14.1. The quantitative estimate of drug-likeness (QED) is 0.442. The lowest BCUT2D eigenvalue weighted by molar-refractivity contribution is 0.251. The fourth-order valence-corrected chi connectivity index (χ4v) is 3.58. The number of H-pyrrole nitrogens is 1. The Morgan fingerprint density at radius 1 is 1.10 bits per heavy atom. The van der Waals surface area contributed by atoms with Crippen LogP contribution in [0.3, 0.4) is 0 Å². The van der Waals surface area contributed by atoms with E-state index < -0.39 is 0 Å². The standard InChI is InChI=1S/C19H16ClN7OS/c1-11-22-18(27-24-11)13-4-2-12(3-5-13)10-21-19(28)23-17-9-6-14(25-26-17)15-7-8-16(20)29-15/h2-9H,10H2,1H3,(H,22,24,27)(H2,21,23,26,28). The van der Waals surface area contributed by atoms with Gasteiger partial charge in [0.05, 0.1) is 9.21 Å². The number of amides is 2. The molecule has 146 valence electrons. The van der Waals surface area contributed by atoms with E-state index in [0.717, 1.165) is 21.8 Å². The number of thiophene rings is 1. The normalized spacial score (nSPS) is 10.7. The van der Waals surface area contributed by atoms with Gasteiger partial charge in [-0.05, 0) is 36.8 Å². The van der Waals surface area contributed by atoms with E-state index in [1.165, 1.54) is 11.3 Å². The largest absolute Gasteiger partial charge is 0.334 e. The number of benzene rings is 1. The molecule has 0 saturated heterocycles. The van der Waals surface area contributed by atoms with Gasteiger partial charge in [-0.3, -0.25) is 10.4 Å². The highest BCUT2D eigenvalue weighted by Gasteiger charge is 2.08. The summed E-state index contributed by atoms with van der Waals surface area (Å²) in [6.07, 6.45) is 0. The molecule has 3 heterocycles. The van der Waals surface area contributed by atoms with Gasteiger partial charge in [0.2, 0.25) is 0 Å². The molecule has 3 N–H and O–H groups in total. The first-order valence-corrected chi connectivity index (χ1v) is 9.89. The van der Waals surface area contributed by atoms with Gasteiger partial charge in [0.25, 0.3) is 0 Å². The Kier molecular flexibility index (Phi) is 5.50. The molecule has 8 nitrogen and oxygen atoms in total. The average Bonchev–Trinajstić information content (AvgIpc) is 3.36. The molecule has 0 unspecified atom stereocenters. The van der Waals surface area contributed by atoms with Gasteiger partial charge < -0.3 is 5.32 Å². The monoisotopic (exact) mass is 425 g/mol. The van der Waals surface area contributed by atoms with Crippen molar-refractivity contribution in [2.45, 2.75) is 13.5 Å². The van der Waals surface area contributed by atoms with Gasteiger partial charge in [-0.1, -0.05) is 35.9 Å². The molecule has 0 fully saturated rings. The van der Waals surface area contributed by atoms with Crippen molar-refractivity contribution < 1.29 is 4.79 Å². The van der Waals surface area contributed by atoms with Crippen molar-refractivity contribution in [1.82, 2.24) is 30.7 Å². The Morgan fingerprint density at radius 2 is 1.93 bits per heavy atom. The molecule has 4 aromatic rings. The van der Waals surface area contributed by atoms with Gasteiger partial charge in [-0.25, -0.2) is 9.78 Å². The molecule has 10 heteroatoms. The van der Waals surface area contributed by atoms with Gasteiger partial charge in [0.15, 0.2) is 11.6 Å². The van der Waals surface area contributed by atoms with Crippen LogP contribution in [0, 0.1) is 6.92 Å². The third-order valence-electron chi connectivity index (χ3n) is 3.99. The predicted octanol–water partition coefficient (Wildman–Crippen LogP) is 4.27. The van der Waals surface area contributed by atoms with Gasteiger partial charge in [-0.15, -0.1) is 21.5 Å². The number of aryl methyl sites for hydroxylation is 1. The Balaban J connectivity index is 1.30. The second kappa shape index (κ2) is 8.38.